The van der Waals surface area contributed by atoms with Gasteiger partial charge in [-0.05, 0) is 58.6 Å². The Kier molecular flexibility index (Phi) is 7.32. The number of aliphatic imine (C=N–C) groups is 1. The van der Waals surface area contributed by atoms with Crippen LogP contribution in [0.4, 0.5) is 4.79 Å². The number of nitrogens with zero attached hydrogens (tertiary/aromatic N) is 2. The van der Waals surface area contributed by atoms with Crippen LogP contribution in [0, 0.1) is 12.8 Å². The van der Waals surface area contributed by atoms with E-state index in [9.17, 15) is 4.79 Å². The minimum absolute atomic E-state index is 0.210. The number of carbonyl (C=O) groups is 1. The highest BCUT2D eigenvalue weighted by Gasteiger charge is 2.27. The molecule has 26 heavy (non-hydrogen) atoms. The highest BCUT2D eigenvalue weighted by molar-refractivity contribution is 7.11. The highest BCUT2D eigenvalue weighted by atomic mass is 32.1. The smallest absolute Gasteiger partial charge is 0.410 e. The second kappa shape index (κ2) is 9.26. The lowest BCUT2D eigenvalue weighted by atomic mass is 9.98. The van der Waals surface area contributed by atoms with Gasteiger partial charge in [0.25, 0.3) is 0 Å². The van der Waals surface area contributed by atoms with Crippen LogP contribution in [0.15, 0.2) is 17.1 Å². The summed E-state index contributed by atoms with van der Waals surface area (Å²) >= 11 is 1.79. The van der Waals surface area contributed by atoms with Crippen molar-refractivity contribution in [3.05, 3.63) is 21.9 Å². The van der Waals surface area contributed by atoms with Crippen molar-refractivity contribution < 1.29 is 9.53 Å². The average molecular weight is 381 g/mol. The molecule has 6 nitrogen and oxygen atoms in total. The van der Waals surface area contributed by atoms with Gasteiger partial charge in [0, 0.05) is 36.4 Å². The summed E-state index contributed by atoms with van der Waals surface area (Å²) in [6, 6.07) is 4.27. The van der Waals surface area contributed by atoms with Gasteiger partial charge in [-0.1, -0.05) is 0 Å². The van der Waals surface area contributed by atoms with Gasteiger partial charge in [0.1, 0.15) is 5.60 Å². The molecule has 0 radical (unpaired) electrons. The van der Waals surface area contributed by atoms with Gasteiger partial charge >= 0.3 is 6.09 Å². The normalized spacial score (nSPS) is 18.6. The van der Waals surface area contributed by atoms with Gasteiger partial charge in [-0.15, -0.1) is 11.3 Å². The van der Waals surface area contributed by atoms with E-state index in [2.05, 4.69) is 34.7 Å². The standard InChI is InChI=1S/C19H32N4O2S/c1-14-8-9-16(26-14)12-22-17(20-5)21-11-15-7-6-10-23(13-15)18(24)25-19(2,3)4/h8-9,15H,6-7,10-13H2,1-5H3,(H2,20,21,22). The zero-order valence-electron chi connectivity index (χ0n) is 16.6. The van der Waals surface area contributed by atoms with Crippen molar-refractivity contribution in [2.45, 2.75) is 52.7 Å². The second-order valence-electron chi connectivity index (χ2n) is 7.75. The summed E-state index contributed by atoms with van der Waals surface area (Å²) in [5.41, 5.74) is -0.450. The molecule has 0 aliphatic carbocycles. The molecule has 1 fully saturated rings. The van der Waals surface area contributed by atoms with E-state index in [1.54, 1.807) is 18.4 Å². The van der Waals surface area contributed by atoms with Crippen LogP contribution < -0.4 is 10.6 Å². The topological polar surface area (TPSA) is 66.0 Å². The molecule has 0 spiro atoms. The van der Waals surface area contributed by atoms with Crippen LogP contribution in [0.2, 0.25) is 0 Å². The van der Waals surface area contributed by atoms with E-state index >= 15 is 0 Å². The maximum atomic E-state index is 12.3. The number of rotatable bonds is 4. The Morgan fingerprint density at radius 3 is 2.77 bits per heavy atom. The van der Waals surface area contributed by atoms with E-state index in [0.717, 1.165) is 45.0 Å². The number of carbonyl (C=O) groups excluding carboxylic acids is 1. The molecule has 2 heterocycles. The fraction of sp³-hybridized carbons (Fsp3) is 0.684. The average Bonchev–Trinajstić information content (AvgIpc) is 2.99. The molecule has 1 saturated heterocycles. The number of aryl methyl sites for hydroxylation is 1. The number of ether oxygens (including phenoxy) is 1. The van der Waals surface area contributed by atoms with Crippen LogP contribution in [0.1, 0.15) is 43.4 Å². The molecule has 2 rings (SSSR count). The van der Waals surface area contributed by atoms with Gasteiger partial charge in [-0.3, -0.25) is 4.99 Å². The Morgan fingerprint density at radius 1 is 1.38 bits per heavy atom. The van der Waals surface area contributed by atoms with Crippen molar-refractivity contribution >= 4 is 23.4 Å². The van der Waals surface area contributed by atoms with Crippen molar-refractivity contribution in [2.75, 3.05) is 26.7 Å². The number of nitrogens with one attached hydrogen (secondary N) is 2. The predicted octanol–water partition coefficient (Wildman–Crippen LogP) is 3.37. The molecule has 0 bridgehead atoms. The predicted molar refractivity (Wildman–Crippen MR) is 108 cm³/mol. The summed E-state index contributed by atoms with van der Waals surface area (Å²) < 4.78 is 5.49. The first kappa shape index (κ1) is 20.6. The monoisotopic (exact) mass is 380 g/mol. The van der Waals surface area contributed by atoms with E-state index in [1.807, 2.05) is 25.7 Å². The summed E-state index contributed by atoms with van der Waals surface area (Å²) in [5, 5.41) is 6.74. The Bertz CT molecular complexity index is 621. The zero-order chi connectivity index (χ0) is 19.2. The van der Waals surface area contributed by atoms with E-state index in [1.165, 1.54) is 9.75 Å². The SMILES string of the molecule is CN=C(NCc1ccc(C)s1)NCC1CCCN(C(=O)OC(C)(C)C)C1. The minimum atomic E-state index is -0.450. The van der Waals surface area contributed by atoms with Gasteiger partial charge in [0.15, 0.2) is 5.96 Å². The Morgan fingerprint density at radius 2 is 2.15 bits per heavy atom. The number of piperidine rings is 1. The number of guanidine groups is 1. The molecule has 2 N–H and O–H groups in total. The zero-order valence-corrected chi connectivity index (χ0v) is 17.4. The summed E-state index contributed by atoms with van der Waals surface area (Å²) in [4.78, 5) is 21.0. The van der Waals surface area contributed by atoms with Crippen molar-refractivity contribution in [3.63, 3.8) is 0 Å². The molecule has 1 atom stereocenters. The first-order valence-corrected chi connectivity index (χ1v) is 10.1. The third-order valence-corrected chi connectivity index (χ3v) is 5.18. The summed E-state index contributed by atoms with van der Waals surface area (Å²) in [5.74, 6) is 1.20. The van der Waals surface area contributed by atoms with Crippen LogP contribution in [0.5, 0.6) is 0 Å². The van der Waals surface area contributed by atoms with Crippen molar-refractivity contribution in [3.8, 4) is 0 Å². The van der Waals surface area contributed by atoms with Crippen LogP contribution >= 0.6 is 11.3 Å². The van der Waals surface area contributed by atoms with Gasteiger partial charge in [0.05, 0.1) is 6.54 Å². The fourth-order valence-electron chi connectivity index (χ4n) is 2.94. The summed E-state index contributed by atoms with van der Waals surface area (Å²) in [7, 11) is 1.78. The first-order valence-electron chi connectivity index (χ1n) is 9.24. The quantitative estimate of drug-likeness (QED) is 0.621. The molecule has 146 valence electrons. The molecule has 7 heteroatoms. The summed E-state index contributed by atoms with van der Waals surface area (Å²) in [6.07, 6.45) is 1.90. The van der Waals surface area contributed by atoms with Gasteiger partial charge in [-0.2, -0.15) is 0 Å². The maximum absolute atomic E-state index is 12.3. The third kappa shape index (κ3) is 6.86. The minimum Gasteiger partial charge on any atom is -0.444 e. The van der Waals surface area contributed by atoms with Gasteiger partial charge in [-0.25, -0.2) is 4.79 Å². The van der Waals surface area contributed by atoms with Gasteiger partial charge in [0.2, 0.25) is 0 Å². The fourth-order valence-corrected chi connectivity index (χ4v) is 3.77. The summed E-state index contributed by atoms with van der Waals surface area (Å²) in [6.45, 7) is 10.9. The second-order valence-corrected chi connectivity index (χ2v) is 9.13. The van der Waals surface area contributed by atoms with Crippen LogP contribution in [-0.2, 0) is 11.3 Å². The number of hydrogen-bond acceptors (Lipinski definition) is 4. The Balaban J connectivity index is 1.77. The van der Waals surface area contributed by atoms with Crippen LogP contribution in [0.25, 0.3) is 0 Å². The van der Waals surface area contributed by atoms with E-state index in [-0.39, 0.29) is 6.09 Å². The largest absolute Gasteiger partial charge is 0.444 e. The lowest BCUT2D eigenvalue weighted by Gasteiger charge is -2.34. The van der Waals surface area contributed by atoms with Crippen molar-refractivity contribution in [1.29, 1.82) is 0 Å². The molecule has 1 aliphatic heterocycles. The lowest BCUT2D eigenvalue weighted by molar-refractivity contribution is 0.0168. The van der Waals surface area contributed by atoms with Crippen LogP contribution in [-0.4, -0.2) is 49.2 Å². The van der Waals surface area contributed by atoms with E-state index < -0.39 is 5.60 Å². The molecular weight excluding hydrogens is 348 g/mol. The third-order valence-electron chi connectivity index (χ3n) is 4.18. The number of hydrogen-bond donors (Lipinski definition) is 2. The number of thiophene rings is 1. The molecular formula is C19H32N4O2S. The molecule has 1 unspecified atom stereocenters. The van der Waals surface area contributed by atoms with Gasteiger partial charge < -0.3 is 20.3 Å². The molecule has 1 amide bonds. The number of likely N-dealkylation sites (tertiary alicyclic amines) is 1. The lowest BCUT2D eigenvalue weighted by Crippen LogP contribution is -2.47. The Labute approximate surface area is 161 Å². The maximum Gasteiger partial charge on any atom is 0.410 e. The van der Waals surface area contributed by atoms with Crippen LogP contribution in [0.3, 0.4) is 0 Å². The van der Waals surface area contributed by atoms with Crippen molar-refractivity contribution in [1.82, 2.24) is 15.5 Å². The molecule has 0 aromatic carbocycles. The van der Waals surface area contributed by atoms with E-state index in [0.29, 0.717) is 5.92 Å². The molecule has 1 aliphatic rings. The van der Waals surface area contributed by atoms with Crippen molar-refractivity contribution in [2.24, 2.45) is 10.9 Å². The first-order chi connectivity index (χ1) is 12.3. The molecule has 1 aromatic rings. The molecule has 0 saturated carbocycles. The van der Waals surface area contributed by atoms with E-state index in [4.69, 9.17) is 4.74 Å². The highest BCUT2D eigenvalue weighted by Crippen LogP contribution is 2.19. The Hall–Kier alpha value is -1.76. The molecule has 1 aromatic heterocycles. The number of amides is 1.